The zero-order chi connectivity index (χ0) is 10.7. The van der Waals surface area contributed by atoms with Crippen LogP contribution in [0.25, 0.3) is 0 Å². The van der Waals surface area contributed by atoms with Gasteiger partial charge in [0.2, 0.25) is 0 Å². The van der Waals surface area contributed by atoms with Gasteiger partial charge in [0.1, 0.15) is 6.10 Å². The molecule has 2 atom stereocenters. The van der Waals surface area contributed by atoms with Crippen LogP contribution < -0.4 is 5.73 Å². The minimum Gasteiger partial charge on any atom is -0.382 e. The Morgan fingerprint density at radius 2 is 2.21 bits per heavy atom. The minimum absolute atomic E-state index is 0.228. The van der Waals surface area contributed by atoms with E-state index in [1.165, 1.54) is 0 Å². The van der Waals surface area contributed by atoms with Gasteiger partial charge >= 0.3 is 0 Å². The molecule has 82 valence electrons. The molecule has 0 aromatic rings. The Labute approximate surface area is 85.1 Å². The van der Waals surface area contributed by atoms with Crippen molar-refractivity contribution < 1.29 is 9.90 Å². The van der Waals surface area contributed by atoms with Crippen LogP contribution in [-0.4, -0.2) is 41.1 Å². The van der Waals surface area contributed by atoms with Crippen LogP contribution in [0.5, 0.6) is 0 Å². The number of hydrogen-bond acceptors (Lipinski definition) is 3. The zero-order valence-corrected chi connectivity index (χ0v) is 8.94. The van der Waals surface area contributed by atoms with Crippen LogP contribution >= 0.6 is 0 Å². The molecule has 1 saturated carbocycles. The van der Waals surface area contributed by atoms with Gasteiger partial charge in [-0.3, -0.25) is 4.79 Å². The fraction of sp³-hybridized carbons (Fsp3) is 0.900. The van der Waals surface area contributed by atoms with E-state index in [9.17, 15) is 9.90 Å². The second kappa shape index (κ2) is 4.75. The third kappa shape index (κ3) is 2.69. The molecule has 1 amide bonds. The first-order valence-corrected chi connectivity index (χ1v) is 5.28. The summed E-state index contributed by atoms with van der Waals surface area (Å²) in [5.74, 6) is -0.228. The molecule has 0 radical (unpaired) electrons. The van der Waals surface area contributed by atoms with Crippen molar-refractivity contribution in [2.75, 3.05) is 7.05 Å². The van der Waals surface area contributed by atoms with E-state index in [0.29, 0.717) is 12.5 Å². The Kier molecular flexibility index (Phi) is 3.89. The molecule has 0 aromatic carbocycles. The summed E-state index contributed by atoms with van der Waals surface area (Å²) in [7, 11) is 1.74. The van der Waals surface area contributed by atoms with Crippen LogP contribution in [0, 0.1) is 0 Å². The number of carbonyl (C=O) groups excluding carboxylic acids is 1. The normalized spacial score (nSPS) is 20.3. The molecule has 0 saturated heterocycles. The quantitative estimate of drug-likeness (QED) is 0.661. The molecule has 0 spiro atoms. The maximum atomic E-state index is 11.6. The van der Waals surface area contributed by atoms with Gasteiger partial charge in [0.15, 0.2) is 0 Å². The second-order valence-corrected chi connectivity index (χ2v) is 4.08. The van der Waals surface area contributed by atoms with Crippen molar-refractivity contribution >= 4 is 5.91 Å². The van der Waals surface area contributed by atoms with E-state index < -0.39 is 12.1 Å². The molecule has 0 aromatic heterocycles. The highest BCUT2D eigenvalue weighted by Crippen LogP contribution is 2.26. The van der Waals surface area contributed by atoms with E-state index in [1.54, 1.807) is 11.9 Å². The van der Waals surface area contributed by atoms with E-state index in [1.807, 2.05) is 6.92 Å². The molecule has 3 N–H and O–H groups in total. The van der Waals surface area contributed by atoms with Crippen LogP contribution in [0.4, 0.5) is 0 Å². The van der Waals surface area contributed by atoms with Crippen LogP contribution in [0.1, 0.15) is 32.6 Å². The maximum Gasteiger partial charge on any atom is 0.253 e. The van der Waals surface area contributed by atoms with E-state index in [-0.39, 0.29) is 5.91 Å². The summed E-state index contributed by atoms with van der Waals surface area (Å²) < 4.78 is 0. The van der Waals surface area contributed by atoms with Gasteiger partial charge in [0.25, 0.3) is 5.91 Å². The Morgan fingerprint density at radius 1 is 1.64 bits per heavy atom. The highest BCUT2D eigenvalue weighted by atomic mass is 16.3. The third-order valence-corrected chi connectivity index (χ3v) is 2.72. The summed E-state index contributed by atoms with van der Waals surface area (Å²) >= 11 is 0. The van der Waals surface area contributed by atoms with Gasteiger partial charge in [0.05, 0.1) is 0 Å². The number of nitrogens with zero attached hydrogens (tertiary/aromatic N) is 1. The number of nitrogens with two attached hydrogens (primary N) is 1. The summed E-state index contributed by atoms with van der Waals surface area (Å²) in [4.78, 5) is 13.3. The molecular formula is C10H20N2O2. The van der Waals surface area contributed by atoms with Crippen molar-refractivity contribution in [2.45, 2.75) is 50.8 Å². The van der Waals surface area contributed by atoms with Crippen molar-refractivity contribution in [3.8, 4) is 0 Å². The minimum atomic E-state index is -1.03. The average molecular weight is 200 g/mol. The van der Waals surface area contributed by atoms with Crippen molar-refractivity contribution in [3.05, 3.63) is 0 Å². The largest absolute Gasteiger partial charge is 0.382 e. The Bertz CT molecular complexity index is 204. The summed E-state index contributed by atoms with van der Waals surface area (Å²) in [5, 5.41) is 9.65. The summed E-state index contributed by atoms with van der Waals surface area (Å²) in [6, 6.07) is -0.0836. The van der Waals surface area contributed by atoms with Gasteiger partial charge in [0, 0.05) is 19.1 Å². The number of amides is 1. The van der Waals surface area contributed by atoms with Crippen molar-refractivity contribution in [3.63, 3.8) is 0 Å². The smallest absolute Gasteiger partial charge is 0.253 e. The van der Waals surface area contributed by atoms with E-state index in [2.05, 4.69) is 0 Å². The number of rotatable bonds is 5. The number of likely N-dealkylation sites (N-methyl/N-ethyl adjacent to an activating group) is 1. The Morgan fingerprint density at radius 3 is 2.64 bits per heavy atom. The SMILES string of the molecule is CCC[C@H](N)[C@H](O)C(=O)N(C)C1CC1. The monoisotopic (exact) mass is 200 g/mol. The van der Waals surface area contributed by atoms with Crippen LogP contribution in [0.2, 0.25) is 0 Å². The lowest BCUT2D eigenvalue weighted by Crippen LogP contribution is -2.47. The molecule has 0 bridgehead atoms. The lowest BCUT2D eigenvalue weighted by molar-refractivity contribution is -0.140. The molecule has 0 heterocycles. The summed E-state index contributed by atoms with van der Waals surface area (Å²) in [6.07, 6.45) is 2.65. The molecular weight excluding hydrogens is 180 g/mol. The predicted molar refractivity (Wildman–Crippen MR) is 54.7 cm³/mol. The average Bonchev–Trinajstić information content (AvgIpc) is 2.98. The molecule has 0 aliphatic heterocycles. The first-order chi connectivity index (χ1) is 6.57. The second-order valence-electron chi connectivity index (χ2n) is 4.08. The van der Waals surface area contributed by atoms with Crippen LogP contribution in [0.15, 0.2) is 0 Å². The Hall–Kier alpha value is -0.610. The van der Waals surface area contributed by atoms with Gasteiger partial charge in [-0.2, -0.15) is 0 Å². The molecule has 4 heteroatoms. The van der Waals surface area contributed by atoms with Crippen molar-refractivity contribution in [1.82, 2.24) is 4.90 Å². The fourth-order valence-electron chi connectivity index (χ4n) is 1.52. The highest BCUT2D eigenvalue weighted by molar-refractivity contribution is 5.81. The number of aliphatic hydroxyl groups excluding tert-OH is 1. The number of carbonyl (C=O) groups is 1. The molecule has 14 heavy (non-hydrogen) atoms. The summed E-state index contributed by atoms with van der Waals surface area (Å²) in [5.41, 5.74) is 5.69. The van der Waals surface area contributed by atoms with Gasteiger partial charge in [-0.05, 0) is 19.3 Å². The van der Waals surface area contributed by atoms with Gasteiger partial charge in [-0.1, -0.05) is 13.3 Å². The Balaban J connectivity index is 2.41. The van der Waals surface area contributed by atoms with Crippen molar-refractivity contribution in [1.29, 1.82) is 0 Å². The fourth-order valence-corrected chi connectivity index (χ4v) is 1.52. The van der Waals surface area contributed by atoms with E-state index in [4.69, 9.17) is 5.73 Å². The number of hydrogen-bond donors (Lipinski definition) is 2. The lowest BCUT2D eigenvalue weighted by atomic mass is 10.1. The maximum absolute atomic E-state index is 11.6. The first-order valence-electron chi connectivity index (χ1n) is 5.28. The topological polar surface area (TPSA) is 66.6 Å². The highest BCUT2D eigenvalue weighted by Gasteiger charge is 2.34. The van der Waals surface area contributed by atoms with Crippen LogP contribution in [-0.2, 0) is 4.79 Å². The van der Waals surface area contributed by atoms with Crippen molar-refractivity contribution in [2.24, 2.45) is 5.73 Å². The van der Waals surface area contributed by atoms with Gasteiger partial charge < -0.3 is 15.7 Å². The van der Waals surface area contributed by atoms with Crippen LogP contribution in [0.3, 0.4) is 0 Å². The molecule has 1 fully saturated rings. The molecule has 1 aliphatic carbocycles. The standard InChI is InChI=1S/C10H20N2O2/c1-3-4-8(11)9(13)10(14)12(2)7-5-6-7/h7-9,13H,3-6,11H2,1-2H3/t8-,9-/m0/s1. The molecule has 0 unspecified atom stereocenters. The van der Waals surface area contributed by atoms with Gasteiger partial charge in [-0.15, -0.1) is 0 Å². The first kappa shape index (κ1) is 11.5. The molecule has 4 nitrogen and oxygen atoms in total. The van der Waals surface area contributed by atoms with Gasteiger partial charge in [-0.25, -0.2) is 0 Å². The number of aliphatic hydroxyl groups is 1. The third-order valence-electron chi connectivity index (χ3n) is 2.72. The molecule has 1 aliphatic rings. The predicted octanol–water partition coefficient (Wildman–Crippen LogP) is 0.0955. The molecule has 1 rings (SSSR count). The summed E-state index contributed by atoms with van der Waals surface area (Å²) in [6.45, 7) is 1.99. The van der Waals surface area contributed by atoms with E-state index >= 15 is 0 Å². The lowest BCUT2D eigenvalue weighted by Gasteiger charge is -2.23. The van der Waals surface area contributed by atoms with E-state index in [0.717, 1.165) is 19.3 Å². The zero-order valence-electron chi connectivity index (χ0n) is 8.94.